The van der Waals surface area contributed by atoms with Gasteiger partial charge in [-0.15, -0.1) is 0 Å². The van der Waals surface area contributed by atoms with Gasteiger partial charge in [-0.3, -0.25) is 0 Å². The standard InChI is InChI=1S/4C8H18.2C7H12.7C7H14/c1-7(2,3)8(4,5)6;1-6-7(2)8(3,4)5;1-6-8(4,5)7(2)3;1-6(2)8(5)7(3)4;1-7(4-5-7)6-2-3-6;1-5-4-7(5)6-2-3-6;2*1-6-4-7(2,3)5-6;1-6-4-5-7(6,2)3;2*1-5-4-6(2)7(5)3;1-3-7-4-6(2)5-7;1-3-7-5-4-6(7)2/h1-6H3;2*7H,6H2,1-5H3;6-8H,1-5H3;6H,2-5H2,1H3;5-7H,2-4H2,1H3;3*6H,4-5H2,1-3H3;2*5-7H,4H2,1-3H3;2*6-7H,3-5H2,1-2H3/t;;;;;5-,7?;;;;5-,6?,7?;;;/m.....0...0.../s1. The lowest BCUT2D eigenvalue weighted by Crippen LogP contribution is -2.31. The summed E-state index contributed by atoms with van der Waals surface area (Å²) < 4.78 is 0. The van der Waals surface area contributed by atoms with Crippen molar-refractivity contribution in [2.75, 3.05) is 0 Å². The molecule has 0 saturated heterocycles. The SMILES string of the molecule is CC(C)(C)C(C)(C)C.CC(C)C(C)C(C)C.CC1(C2CC2)CC1.CC1CC(C)(C)C1.CC1CC(C)(C)C1.CC1CC(C)C1C.CC1CCC1(C)C.CC1C[C@H](C)C1C.CCC(C)(C)C(C)C.CCC(C)C(C)(C)C.CCC1CC(C)C1.CCC1CCC1C.C[C@H]1CC1C1CC1. The van der Waals surface area contributed by atoms with Crippen LogP contribution < -0.4 is 0 Å². The van der Waals surface area contributed by atoms with E-state index >= 15 is 0 Å². The first-order valence-electron chi connectivity index (χ1n) is 42.9. The Morgan fingerprint density at radius 2 is 0.768 bits per heavy atom. The van der Waals surface area contributed by atoms with Crippen LogP contribution in [0.4, 0.5) is 0 Å². The zero-order chi connectivity index (χ0) is 75.0. The van der Waals surface area contributed by atoms with E-state index in [-0.39, 0.29) is 0 Å². The fraction of sp³-hybridized carbons (Fsp3) is 1.00. The maximum Gasteiger partial charge on any atom is -0.0297 e. The smallest absolute Gasteiger partial charge is 0.0297 e. The van der Waals surface area contributed by atoms with Crippen LogP contribution in [0.2, 0.25) is 0 Å². The van der Waals surface area contributed by atoms with Crippen molar-refractivity contribution >= 4 is 0 Å². The van der Waals surface area contributed by atoms with Crippen molar-refractivity contribution in [2.24, 2.45) is 174 Å². The molecule has 0 heterocycles. The van der Waals surface area contributed by atoms with Crippen LogP contribution in [0.25, 0.3) is 0 Å². The van der Waals surface area contributed by atoms with Crippen LogP contribution >= 0.6 is 0 Å². The van der Waals surface area contributed by atoms with Crippen molar-refractivity contribution in [1.29, 1.82) is 0 Å². The van der Waals surface area contributed by atoms with Gasteiger partial charge in [-0.1, -0.05) is 323 Å². The molecule has 0 aromatic carbocycles. The molecular formula is C95H194. The molecule has 11 atom stereocenters. The van der Waals surface area contributed by atoms with E-state index in [1.807, 2.05) is 0 Å². The minimum Gasteiger partial charge on any atom is -0.0651 e. The van der Waals surface area contributed by atoms with Crippen molar-refractivity contribution in [3.05, 3.63) is 0 Å². The summed E-state index contributed by atoms with van der Waals surface area (Å²) in [5, 5.41) is 0. The number of hydrogen-bond acceptors (Lipinski definition) is 0. The van der Waals surface area contributed by atoms with Crippen molar-refractivity contribution < 1.29 is 0 Å². The molecule has 11 aliphatic rings. The summed E-state index contributed by atoms with van der Waals surface area (Å²) >= 11 is 0. The zero-order valence-electron chi connectivity index (χ0n) is 75.0. The quantitative estimate of drug-likeness (QED) is 0.216. The molecule has 0 spiro atoms. The Morgan fingerprint density at radius 3 is 0.800 bits per heavy atom. The maximum absolute atomic E-state index is 2.44. The molecule has 0 heteroatoms. The summed E-state index contributed by atoms with van der Waals surface area (Å²) in [5.41, 5.74) is 4.85. The van der Waals surface area contributed by atoms with Crippen LogP contribution in [0.5, 0.6) is 0 Å². The Bertz CT molecular complexity index is 1770. The highest BCUT2D eigenvalue weighted by Gasteiger charge is 2.49. The lowest BCUT2D eigenvalue weighted by Gasteiger charge is -2.42. The lowest BCUT2D eigenvalue weighted by atomic mass is 9.64. The van der Waals surface area contributed by atoms with E-state index in [9.17, 15) is 0 Å². The third-order valence-electron chi connectivity index (χ3n) is 29.5. The first kappa shape index (κ1) is 97.1. The third kappa shape index (κ3) is 41.8. The average molecular weight is 1340 g/mol. The van der Waals surface area contributed by atoms with Crippen molar-refractivity contribution in [2.45, 2.75) is 438 Å². The molecular weight excluding hydrogens is 1140 g/mol. The molecule has 0 aromatic rings. The second-order valence-electron chi connectivity index (χ2n) is 44.1. The fourth-order valence-electron chi connectivity index (χ4n) is 14.9. The first-order chi connectivity index (χ1) is 42.9. The van der Waals surface area contributed by atoms with E-state index in [1.54, 1.807) is 19.3 Å². The van der Waals surface area contributed by atoms with Gasteiger partial charge in [0.2, 0.25) is 0 Å². The van der Waals surface area contributed by atoms with Crippen LogP contribution in [0.1, 0.15) is 438 Å². The molecule has 0 amide bonds. The van der Waals surface area contributed by atoms with Crippen LogP contribution in [-0.4, -0.2) is 0 Å². The fourth-order valence-corrected chi connectivity index (χ4v) is 14.9. The summed E-state index contributed by atoms with van der Waals surface area (Å²) in [4.78, 5) is 0. The largest absolute Gasteiger partial charge is 0.0651 e. The minimum absolute atomic E-state index is 0.437. The molecule has 574 valence electrons. The molecule has 0 radical (unpaired) electrons. The van der Waals surface area contributed by atoms with Crippen molar-refractivity contribution in [3.63, 3.8) is 0 Å². The maximum atomic E-state index is 2.44. The summed E-state index contributed by atoms with van der Waals surface area (Å²) in [6.07, 6.45) is 33.7. The first-order valence-corrected chi connectivity index (χ1v) is 42.9. The van der Waals surface area contributed by atoms with Gasteiger partial charge in [0.15, 0.2) is 0 Å². The van der Waals surface area contributed by atoms with Crippen LogP contribution in [0.15, 0.2) is 0 Å². The Labute approximate surface area is 608 Å². The van der Waals surface area contributed by atoms with Gasteiger partial charge in [-0.25, -0.2) is 0 Å². The van der Waals surface area contributed by atoms with Gasteiger partial charge in [0.1, 0.15) is 0 Å². The highest BCUT2D eigenvalue weighted by Crippen LogP contribution is 2.61. The molecule has 0 N–H and O–H groups in total. The van der Waals surface area contributed by atoms with E-state index in [0.717, 1.165) is 124 Å². The molecule has 11 saturated carbocycles. The van der Waals surface area contributed by atoms with Crippen molar-refractivity contribution in [1.82, 2.24) is 0 Å². The van der Waals surface area contributed by atoms with E-state index in [2.05, 4.69) is 291 Å². The summed E-state index contributed by atoms with van der Waals surface area (Å²) in [5.74, 6) is 22.2. The molecule has 11 fully saturated rings. The third-order valence-corrected chi connectivity index (χ3v) is 29.5. The zero-order valence-corrected chi connectivity index (χ0v) is 75.0. The highest BCUT2D eigenvalue weighted by molar-refractivity contribution is 5.00. The molecule has 0 nitrogen and oxygen atoms in total. The van der Waals surface area contributed by atoms with Gasteiger partial charge in [-0.2, -0.15) is 0 Å². The van der Waals surface area contributed by atoms with Crippen LogP contribution in [-0.2, 0) is 0 Å². The van der Waals surface area contributed by atoms with E-state index in [0.29, 0.717) is 37.9 Å². The number of hydrogen-bond donors (Lipinski definition) is 0. The lowest BCUT2D eigenvalue weighted by molar-refractivity contribution is 0.0892. The monoisotopic (exact) mass is 1340 g/mol. The van der Waals surface area contributed by atoms with Gasteiger partial charge in [0, 0.05) is 0 Å². The average Bonchev–Trinajstić information content (AvgIpc) is 1.61. The number of rotatable bonds is 9. The highest BCUT2D eigenvalue weighted by atomic mass is 14.5. The molecule has 11 rings (SSSR count). The van der Waals surface area contributed by atoms with Crippen LogP contribution in [0.3, 0.4) is 0 Å². The second kappa shape index (κ2) is 43.3. The van der Waals surface area contributed by atoms with Crippen LogP contribution in [0, 0.1) is 174 Å². The molecule has 0 aromatic heterocycles. The summed E-state index contributed by atoms with van der Waals surface area (Å²) in [6, 6.07) is 0. The van der Waals surface area contributed by atoms with E-state index in [4.69, 9.17) is 0 Å². The van der Waals surface area contributed by atoms with Crippen molar-refractivity contribution in [3.8, 4) is 0 Å². The second-order valence-corrected chi connectivity index (χ2v) is 44.1. The minimum atomic E-state index is 0.437. The Hall–Kier alpha value is 0. The Balaban J connectivity index is 0. The Kier molecular flexibility index (Phi) is 44.3. The van der Waals surface area contributed by atoms with Gasteiger partial charge in [0.05, 0.1) is 0 Å². The topological polar surface area (TPSA) is 0 Å². The molecule has 0 bridgehead atoms. The van der Waals surface area contributed by atoms with E-state index in [1.165, 1.54) is 140 Å². The van der Waals surface area contributed by atoms with Gasteiger partial charge in [-0.05, 0) is 289 Å². The normalized spacial score (nSPS) is 31.5. The van der Waals surface area contributed by atoms with E-state index < -0.39 is 0 Å². The Morgan fingerprint density at radius 1 is 0.400 bits per heavy atom. The predicted octanol–water partition coefficient (Wildman–Crippen LogP) is 33.2. The molecule has 95 heavy (non-hydrogen) atoms. The van der Waals surface area contributed by atoms with Gasteiger partial charge in [0.25, 0.3) is 0 Å². The molecule has 9 unspecified atom stereocenters. The molecule has 0 aliphatic heterocycles. The predicted molar refractivity (Wildman–Crippen MR) is 441 cm³/mol. The summed E-state index contributed by atoms with van der Waals surface area (Å²) in [7, 11) is 0. The van der Waals surface area contributed by atoms with Gasteiger partial charge >= 0.3 is 0 Å². The van der Waals surface area contributed by atoms with Gasteiger partial charge < -0.3 is 0 Å². The molecule has 11 aliphatic carbocycles. The summed E-state index contributed by atoms with van der Waals surface area (Å²) in [6.45, 7) is 97.1.